The van der Waals surface area contributed by atoms with E-state index in [4.69, 9.17) is 10.5 Å². The zero-order valence-corrected chi connectivity index (χ0v) is 13.3. The summed E-state index contributed by atoms with van der Waals surface area (Å²) in [5.74, 6) is 0.516. The Morgan fingerprint density at radius 1 is 1.24 bits per heavy atom. The Labute approximate surface area is 128 Å². The van der Waals surface area contributed by atoms with Gasteiger partial charge < -0.3 is 10.5 Å². The molecule has 0 aliphatic rings. The van der Waals surface area contributed by atoms with E-state index in [9.17, 15) is 8.42 Å². The highest BCUT2D eigenvalue weighted by molar-refractivity contribution is 7.94. The van der Waals surface area contributed by atoms with E-state index in [-0.39, 0.29) is 4.21 Å². The van der Waals surface area contributed by atoms with Gasteiger partial charge in [-0.2, -0.15) is 0 Å². The monoisotopic (exact) mass is 326 g/mol. The fourth-order valence-electron chi connectivity index (χ4n) is 1.81. The van der Waals surface area contributed by atoms with Crippen LogP contribution in [0.25, 0.3) is 0 Å². The predicted molar refractivity (Wildman–Crippen MR) is 85.5 cm³/mol. The van der Waals surface area contributed by atoms with Crippen molar-refractivity contribution in [2.45, 2.75) is 17.6 Å². The van der Waals surface area contributed by atoms with Gasteiger partial charge in [-0.3, -0.25) is 4.72 Å². The van der Waals surface area contributed by atoms with Gasteiger partial charge in [0.15, 0.2) is 0 Å². The summed E-state index contributed by atoms with van der Waals surface area (Å²) in [6.45, 7) is 2.82. The van der Waals surface area contributed by atoms with Gasteiger partial charge in [-0.05, 0) is 44.2 Å². The fourth-order valence-corrected chi connectivity index (χ4v) is 4.25. The molecule has 0 amide bonds. The average Bonchev–Trinajstić information content (AvgIpc) is 2.91. The highest BCUT2D eigenvalue weighted by Gasteiger charge is 2.18. The Bertz CT molecular complexity index is 696. The van der Waals surface area contributed by atoms with Crippen LogP contribution in [0.5, 0.6) is 5.75 Å². The molecule has 0 saturated carbocycles. The van der Waals surface area contributed by atoms with Crippen molar-refractivity contribution in [3.8, 4) is 5.75 Å². The third-order valence-corrected chi connectivity index (χ3v) is 5.73. The highest BCUT2D eigenvalue weighted by Crippen LogP contribution is 2.29. The van der Waals surface area contributed by atoms with Crippen molar-refractivity contribution >= 4 is 27.0 Å². The van der Waals surface area contributed by atoms with Crippen LogP contribution in [0.3, 0.4) is 0 Å². The van der Waals surface area contributed by atoms with Crippen molar-refractivity contribution in [2.75, 3.05) is 17.9 Å². The number of benzene rings is 1. The van der Waals surface area contributed by atoms with Gasteiger partial charge in [-0.25, -0.2) is 8.42 Å². The minimum Gasteiger partial charge on any atom is -0.492 e. The molecule has 1 aromatic heterocycles. The third kappa shape index (κ3) is 3.96. The lowest BCUT2D eigenvalue weighted by Gasteiger charge is -2.11. The topological polar surface area (TPSA) is 81.4 Å². The molecular formula is C14H18N2O3S2. The van der Waals surface area contributed by atoms with Gasteiger partial charge in [0.05, 0.1) is 12.3 Å². The molecule has 5 nitrogen and oxygen atoms in total. The van der Waals surface area contributed by atoms with E-state index in [1.165, 1.54) is 11.3 Å². The minimum absolute atomic E-state index is 0.275. The summed E-state index contributed by atoms with van der Waals surface area (Å²) in [7, 11) is -3.60. The number of sulfonamides is 1. The first-order valence-electron chi connectivity index (χ1n) is 6.60. The maximum Gasteiger partial charge on any atom is 0.271 e. The van der Waals surface area contributed by atoms with E-state index in [0.29, 0.717) is 31.0 Å². The molecule has 2 rings (SSSR count). The quantitative estimate of drug-likeness (QED) is 0.819. The fraction of sp³-hybridized carbons (Fsp3) is 0.286. The number of anilines is 1. The molecule has 1 aromatic carbocycles. The Hall–Kier alpha value is -1.57. The van der Waals surface area contributed by atoms with E-state index >= 15 is 0 Å². The molecule has 0 radical (unpaired) electrons. The van der Waals surface area contributed by atoms with Crippen LogP contribution in [0.2, 0.25) is 0 Å². The van der Waals surface area contributed by atoms with Gasteiger partial charge in [0.2, 0.25) is 0 Å². The number of hydrogen-bond donors (Lipinski definition) is 2. The van der Waals surface area contributed by atoms with Crippen molar-refractivity contribution in [3.05, 3.63) is 41.3 Å². The molecule has 1 heterocycles. The van der Waals surface area contributed by atoms with Crippen LogP contribution in [-0.2, 0) is 16.4 Å². The molecular weight excluding hydrogens is 308 g/mol. The maximum atomic E-state index is 12.4. The Morgan fingerprint density at radius 2 is 2.00 bits per heavy atom. The second-order valence-electron chi connectivity index (χ2n) is 4.29. The van der Waals surface area contributed by atoms with Gasteiger partial charge in [-0.1, -0.05) is 12.1 Å². The van der Waals surface area contributed by atoms with Crippen LogP contribution in [0.15, 0.2) is 40.6 Å². The van der Waals surface area contributed by atoms with E-state index in [2.05, 4.69) is 4.72 Å². The summed E-state index contributed by atoms with van der Waals surface area (Å²) < 4.78 is 33.0. The second-order valence-corrected chi connectivity index (χ2v) is 7.37. The van der Waals surface area contributed by atoms with Gasteiger partial charge in [0.1, 0.15) is 9.96 Å². The van der Waals surface area contributed by atoms with Crippen LogP contribution in [-0.4, -0.2) is 21.6 Å². The molecule has 3 N–H and O–H groups in total. The molecule has 0 saturated heterocycles. The molecule has 0 fully saturated rings. The van der Waals surface area contributed by atoms with Crippen LogP contribution >= 0.6 is 11.3 Å². The lowest BCUT2D eigenvalue weighted by atomic mass is 10.3. The average molecular weight is 326 g/mol. The van der Waals surface area contributed by atoms with E-state index in [0.717, 1.165) is 4.88 Å². The number of nitrogens with two attached hydrogens (primary N) is 1. The summed E-state index contributed by atoms with van der Waals surface area (Å²) in [6.07, 6.45) is 0.676. The number of nitrogens with one attached hydrogen (secondary N) is 1. The molecule has 0 bridgehead atoms. The van der Waals surface area contributed by atoms with E-state index in [1.54, 1.807) is 36.4 Å². The maximum absolute atomic E-state index is 12.4. The summed E-state index contributed by atoms with van der Waals surface area (Å²) in [5.41, 5.74) is 5.92. The lowest BCUT2D eigenvalue weighted by molar-refractivity contribution is 0.342. The Balaban J connectivity index is 2.24. The zero-order valence-electron chi connectivity index (χ0n) is 11.7. The molecule has 0 aliphatic carbocycles. The van der Waals surface area contributed by atoms with Gasteiger partial charge >= 0.3 is 0 Å². The Morgan fingerprint density at radius 3 is 2.71 bits per heavy atom. The predicted octanol–water partition coefficient (Wildman–Crippen LogP) is 2.45. The second kappa shape index (κ2) is 6.93. The van der Waals surface area contributed by atoms with Crippen molar-refractivity contribution < 1.29 is 13.2 Å². The minimum atomic E-state index is -3.60. The smallest absolute Gasteiger partial charge is 0.271 e. The molecule has 7 heteroatoms. The molecule has 114 valence electrons. The number of hydrogen-bond acceptors (Lipinski definition) is 5. The molecule has 2 aromatic rings. The number of para-hydroxylation sites is 2. The van der Waals surface area contributed by atoms with Crippen molar-refractivity contribution in [2.24, 2.45) is 5.73 Å². The number of thiophene rings is 1. The highest BCUT2D eigenvalue weighted by atomic mass is 32.2. The number of rotatable bonds is 7. The molecule has 21 heavy (non-hydrogen) atoms. The summed E-state index contributed by atoms with van der Waals surface area (Å²) in [4.78, 5) is 0.955. The van der Waals surface area contributed by atoms with Crippen molar-refractivity contribution in [3.63, 3.8) is 0 Å². The zero-order chi connectivity index (χ0) is 15.3. The molecule has 0 unspecified atom stereocenters. The number of ether oxygens (including phenoxy) is 1. The summed E-state index contributed by atoms with van der Waals surface area (Å²) in [5, 5.41) is 0. The van der Waals surface area contributed by atoms with Crippen LogP contribution in [0.4, 0.5) is 5.69 Å². The van der Waals surface area contributed by atoms with E-state index < -0.39 is 10.0 Å². The first kappa shape index (κ1) is 15.8. The third-order valence-electron chi connectivity index (χ3n) is 2.72. The Kier molecular flexibility index (Phi) is 5.22. The summed E-state index contributed by atoms with van der Waals surface area (Å²) >= 11 is 1.23. The first-order valence-corrected chi connectivity index (χ1v) is 8.90. The lowest BCUT2D eigenvalue weighted by Crippen LogP contribution is -2.12. The van der Waals surface area contributed by atoms with Gasteiger partial charge in [0, 0.05) is 4.88 Å². The van der Waals surface area contributed by atoms with E-state index in [1.807, 2.05) is 6.92 Å². The van der Waals surface area contributed by atoms with Crippen LogP contribution in [0.1, 0.15) is 11.8 Å². The van der Waals surface area contributed by atoms with Crippen LogP contribution < -0.4 is 15.2 Å². The normalized spacial score (nSPS) is 11.3. The standard InChI is InChI=1S/C14H18N2O3S2/c1-2-19-13-6-4-3-5-12(13)16-21(17,18)14-8-7-11(20-14)9-10-15/h3-8,16H,2,9-10,15H2,1H3. The first-order chi connectivity index (χ1) is 10.1. The van der Waals surface area contributed by atoms with Crippen molar-refractivity contribution in [1.29, 1.82) is 0 Å². The van der Waals surface area contributed by atoms with Gasteiger partial charge in [0.25, 0.3) is 10.0 Å². The SMILES string of the molecule is CCOc1ccccc1NS(=O)(=O)c1ccc(CCN)s1. The van der Waals surface area contributed by atoms with Crippen LogP contribution in [0, 0.1) is 0 Å². The largest absolute Gasteiger partial charge is 0.492 e. The molecule has 0 aliphatic heterocycles. The molecule has 0 atom stereocenters. The van der Waals surface area contributed by atoms with Gasteiger partial charge in [-0.15, -0.1) is 11.3 Å². The summed E-state index contributed by atoms with van der Waals surface area (Å²) in [6, 6.07) is 10.4. The van der Waals surface area contributed by atoms with Crippen molar-refractivity contribution in [1.82, 2.24) is 0 Å². The molecule has 0 spiro atoms.